The number of rotatable bonds is 4. The van der Waals surface area contributed by atoms with E-state index in [2.05, 4.69) is 4.98 Å². The van der Waals surface area contributed by atoms with Gasteiger partial charge in [-0.1, -0.05) is 12.1 Å². The molecule has 1 aromatic heterocycles. The maximum Gasteiger partial charge on any atom is 0.417 e. The number of pyridine rings is 1. The lowest BCUT2D eigenvalue weighted by atomic mass is 10.2. The average Bonchev–Trinajstić information content (AvgIpc) is 3.28. The van der Waals surface area contributed by atoms with Gasteiger partial charge in [-0.2, -0.15) is 0 Å². The van der Waals surface area contributed by atoms with Gasteiger partial charge >= 0.3 is 6.09 Å². The number of ether oxygens (including phenoxy) is 2. The number of hydrogen-bond donors (Lipinski definition) is 0. The summed E-state index contributed by atoms with van der Waals surface area (Å²) < 4.78 is 10.4. The van der Waals surface area contributed by atoms with E-state index in [0.29, 0.717) is 36.7 Å². The molecule has 3 heterocycles. The molecule has 2 aliphatic rings. The van der Waals surface area contributed by atoms with Gasteiger partial charge in [0.05, 0.1) is 6.04 Å². The van der Waals surface area contributed by atoms with Gasteiger partial charge in [0, 0.05) is 30.9 Å². The maximum atomic E-state index is 12.8. The van der Waals surface area contributed by atoms with Crippen molar-refractivity contribution < 1.29 is 23.9 Å². The van der Waals surface area contributed by atoms with Gasteiger partial charge < -0.3 is 14.4 Å². The van der Waals surface area contributed by atoms with Gasteiger partial charge in [0.2, 0.25) is 5.88 Å². The van der Waals surface area contributed by atoms with Gasteiger partial charge in [0.15, 0.2) is 6.61 Å². The lowest BCUT2D eigenvalue weighted by molar-refractivity contribution is -0.127. The van der Waals surface area contributed by atoms with Crippen LogP contribution in [0.15, 0.2) is 48.7 Å². The smallest absolute Gasteiger partial charge is 0.417 e. The van der Waals surface area contributed by atoms with E-state index >= 15 is 0 Å². The molecule has 0 saturated carbocycles. The molecule has 1 atom stereocenters. The summed E-state index contributed by atoms with van der Waals surface area (Å²) in [4.78, 5) is 43.1. The van der Waals surface area contributed by atoms with Gasteiger partial charge in [-0.15, -0.1) is 0 Å². The molecule has 0 bridgehead atoms. The highest BCUT2D eigenvalue weighted by Crippen LogP contribution is 2.24. The Balaban J connectivity index is 1.45. The molecule has 8 heteroatoms. The summed E-state index contributed by atoms with van der Waals surface area (Å²) in [5, 5.41) is 0. The number of aromatic nitrogens is 1. The topological polar surface area (TPSA) is 89.0 Å². The Morgan fingerprint density at radius 3 is 2.81 bits per heavy atom. The van der Waals surface area contributed by atoms with E-state index in [4.69, 9.17) is 9.47 Å². The third-order valence-electron chi connectivity index (χ3n) is 4.54. The summed E-state index contributed by atoms with van der Waals surface area (Å²) in [6.07, 6.45) is 1.53. The van der Waals surface area contributed by atoms with Gasteiger partial charge in [-0.3, -0.25) is 9.59 Å². The molecular weight excluding hydrogens is 350 g/mol. The van der Waals surface area contributed by atoms with E-state index in [1.165, 1.54) is 0 Å². The van der Waals surface area contributed by atoms with Crippen molar-refractivity contribution in [2.75, 3.05) is 19.7 Å². The lowest BCUT2D eigenvalue weighted by Crippen LogP contribution is -2.42. The van der Waals surface area contributed by atoms with Crippen LogP contribution < -0.4 is 4.74 Å². The van der Waals surface area contributed by atoms with Crippen LogP contribution in [0, 0.1) is 0 Å². The standard InChI is InChI=1S/C19H17N3O5/c23-17-12-26-19(25)22(17)14-7-9-21(11-14)18(24)13-4-3-5-15(10-13)27-16-6-1-2-8-20-16/h1-6,8,10,14H,7,9,11-12H2. The third-order valence-corrected chi connectivity index (χ3v) is 4.54. The second-order valence-corrected chi connectivity index (χ2v) is 6.31. The molecule has 1 aromatic carbocycles. The molecule has 0 radical (unpaired) electrons. The molecule has 2 aliphatic heterocycles. The van der Waals surface area contributed by atoms with Crippen LogP contribution >= 0.6 is 0 Å². The summed E-state index contributed by atoms with van der Waals surface area (Å²) in [7, 11) is 0. The quantitative estimate of drug-likeness (QED) is 0.822. The highest BCUT2D eigenvalue weighted by Gasteiger charge is 2.41. The molecule has 2 fully saturated rings. The predicted molar refractivity (Wildman–Crippen MR) is 93.3 cm³/mol. The SMILES string of the molecule is O=C(c1cccc(Oc2ccccn2)c1)N1CCC(N2C(=O)COC2=O)C1. The number of likely N-dealkylation sites (tertiary alicyclic amines) is 1. The van der Waals surface area contributed by atoms with Gasteiger partial charge in [-0.05, 0) is 30.7 Å². The fourth-order valence-electron chi connectivity index (χ4n) is 3.26. The number of amides is 3. The van der Waals surface area contributed by atoms with Crippen molar-refractivity contribution in [1.82, 2.24) is 14.8 Å². The third kappa shape index (κ3) is 3.46. The van der Waals surface area contributed by atoms with Crippen LogP contribution in [0.1, 0.15) is 16.8 Å². The Hall–Kier alpha value is -3.42. The van der Waals surface area contributed by atoms with Crippen molar-refractivity contribution in [3.05, 3.63) is 54.2 Å². The summed E-state index contributed by atoms with van der Waals surface area (Å²) in [5.41, 5.74) is 0.472. The largest absolute Gasteiger partial charge is 0.439 e. The van der Waals surface area contributed by atoms with Gasteiger partial charge in [-0.25, -0.2) is 14.7 Å². The van der Waals surface area contributed by atoms with Crippen LogP contribution in [0.5, 0.6) is 11.6 Å². The Morgan fingerprint density at radius 1 is 1.19 bits per heavy atom. The molecule has 8 nitrogen and oxygen atoms in total. The minimum atomic E-state index is -0.634. The van der Waals surface area contributed by atoms with Crippen molar-refractivity contribution in [3.63, 3.8) is 0 Å². The van der Waals surface area contributed by atoms with Crippen LogP contribution in [0.4, 0.5) is 4.79 Å². The highest BCUT2D eigenvalue weighted by atomic mass is 16.6. The number of nitrogens with zero attached hydrogens (tertiary/aromatic N) is 3. The van der Waals surface area contributed by atoms with Crippen molar-refractivity contribution in [1.29, 1.82) is 0 Å². The van der Waals surface area contributed by atoms with Crippen LogP contribution in [-0.2, 0) is 9.53 Å². The average molecular weight is 367 g/mol. The number of carbonyl (C=O) groups excluding carboxylic acids is 3. The fourth-order valence-corrected chi connectivity index (χ4v) is 3.26. The normalized spacial score (nSPS) is 19.3. The number of imide groups is 1. The molecule has 27 heavy (non-hydrogen) atoms. The van der Waals surface area contributed by atoms with Crippen LogP contribution in [0.3, 0.4) is 0 Å². The number of cyclic esters (lactones) is 1. The zero-order valence-corrected chi connectivity index (χ0v) is 14.4. The molecular formula is C19H17N3O5. The number of carbonyl (C=O) groups is 3. The van der Waals surface area contributed by atoms with Crippen LogP contribution in [-0.4, -0.2) is 58.4 Å². The first-order valence-electron chi connectivity index (χ1n) is 8.59. The van der Waals surface area contributed by atoms with Crippen molar-refractivity contribution in [2.24, 2.45) is 0 Å². The molecule has 2 aromatic rings. The molecule has 0 N–H and O–H groups in total. The first-order valence-corrected chi connectivity index (χ1v) is 8.59. The molecule has 4 rings (SSSR count). The van der Waals surface area contributed by atoms with Crippen molar-refractivity contribution in [3.8, 4) is 11.6 Å². The van der Waals surface area contributed by atoms with Crippen LogP contribution in [0.2, 0.25) is 0 Å². The highest BCUT2D eigenvalue weighted by molar-refractivity contribution is 5.99. The van der Waals surface area contributed by atoms with E-state index in [9.17, 15) is 14.4 Å². The minimum absolute atomic E-state index is 0.177. The molecule has 2 saturated heterocycles. The van der Waals surface area contributed by atoms with E-state index in [1.54, 1.807) is 47.5 Å². The number of benzene rings is 1. The Kier molecular flexibility index (Phi) is 4.45. The summed E-state index contributed by atoms with van der Waals surface area (Å²) in [6, 6.07) is 11.8. The molecule has 0 spiro atoms. The first-order chi connectivity index (χ1) is 13.1. The van der Waals surface area contributed by atoms with Crippen LogP contribution in [0.25, 0.3) is 0 Å². The zero-order chi connectivity index (χ0) is 18.8. The number of hydrogen-bond acceptors (Lipinski definition) is 6. The van der Waals surface area contributed by atoms with Crippen molar-refractivity contribution in [2.45, 2.75) is 12.5 Å². The van der Waals surface area contributed by atoms with E-state index in [-0.39, 0.29) is 24.5 Å². The summed E-state index contributed by atoms with van der Waals surface area (Å²) in [6.45, 7) is 0.535. The van der Waals surface area contributed by atoms with E-state index in [0.717, 1.165) is 4.90 Å². The van der Waals surface area contributed by atoms with Crippen molar-refractivity contribution >= 4 is 17.9 Å². The van der Waals surface area contributed by atoms with Gasteiger partial charge in [0.1, 0.15) is 5.75 Å². The van der Waals surface area contributed by atoms with E-state index < -0.39 is 6.09 Å². The minimum Gasteiger partial charge on any atom is -0.439 e. The second-order valence-electron chi connectivity index (χ2n) is 6.31. The zero-order valence-electron chi connectivity index (χ0n) is 14.4. The Bertz CT molecular complexity index is 870. The van der Waals surface area contributed by atoms with E-state index in [1.807, 2.05) is 6.07 Å². The fraction of sp³-hybridized carbons (Fsp3) is 0.263. The summed E-state index contributed by atoms with van der Waals surface area (Å²) >= 11 is 0. The second kappa shape index (κ2) is 7.06. The first kappa shape index (κ1) is 17.0. The molecule has 138 valence electrons. The van der Waals surface area contributed by atoms with Gasteiger partial charge in [0.25, 0.3) is 11.8 Å². The Labute approximate surface area is 155 Å². The summed E-state index contributed by atoms with van der Waals surface area (Å²) in [5.74, 6) is 0.414. The molecule has 1 unspecified atom stereocenters. The monoisotopic (exact) mass is 367 g/mol. The predicted octanol–water partition coefficient (Wildman–Crippen LogP) is 2.07. The Morgan fingerprint density at radius 2 is 2.07 bits per heavy atom. The molecule has 3 amide bonds. The lowest BCUT2D eigenvalue weighted by Gasteiger charge is -2.20. The maximum absolute atomic E-state index is 12.8. The molecule has 0 aliphatic carbocycles.